The van der Waals surface area contributed by atoms with Gasteiger partial charge < -0.3 is 0 Å². The minimum atomic E-state index is 1.21. The lowest BCUT2D eigenvalue weighted by Crippen LogP contribution is -1.84. The number of benzene rings is 3. The van der Waals surface area contributed by atoms with Gasteiger partial charge in [-0.1, -0.05) is 63.8 Å². The molecule has 0 aliphatic heterocycles. The molecule has 30 heavy (non-hydrogen) atoms. The number of aryl methyl sites for hydroxylation is 2. The van der Waals surface area contributed by atoms with Crippen LogP contribution in [0.4, 0.5) is 0 Å². The van der Waals surface area contributed by atoms with E-state index in [9.17, 15) is 0 Å². The highest BCUT2D eigenvalue weighted by Gasteiger charge is 2.12. The van der Waals surface area contributed by atoms with Crippen molar-refractivity contribution in [1.29, 1.82) is 0 Å². The summed E-state index contributed by atoms with van der Waals surface area (Å²) in [5, 5.41) is 5.71. The Balaban J connectivity index is 1.54. The summed E-state index contributed by atoms with van der Waals surface area (Å²) in [6.07, 6.45) is 10.2. The van der Waals surface area contributed by atoms with Crippen LogP contribution in [0.15, 0.2) is 48.5 Å². The van der Waals surface area contributed by atoms with Gasteiger partial charge in [-0.2, -0.15) is 0 Å². The van der Waals surface area contributed by atoms with Crippen LogP contribution in [0.2, 0.25) is 0 Å². The molecule has 154 valence electrons. The van der Waals surface area contributed by atoms with E-state index < -0.39 is 0 Å². The van der Waals surface area contributed by atoms with E-state index in [1.54, 1.807) is 0 Å². The molecular weight excluding hydrogens is 400 g/mol. The molecule has 0 aliphatic rings. The lowest BCUT2D eigenvalue weighted by molar-refractivity contribution is 0.718. The van der Waals surface area contributed by atoms with Gasteiger partial charge in [0.25, 0.3) is 0 Å². The van der Waals surface area contributed by atoms with Crippen LogP contribution in [0.25, 0.3) is 40.3 Å². The van der Waals surface area contributed by atoms with Crippen LogP contribution in [-0.4, -0.2) is 0 Å². The fourth-order valence-corrected chi connectivity index (χ4v) is 6.98. The Morgan fingerprint density at radius 2 is 0.933 bits per heavy atom. The third kappa shape index (κ3) is 3.76. The Bertz CT molecular complexity index is 1210. The Hall–Kier alpha value is -1.90. The Kier molecular flexibility index (Phi) is 5.80. The minimum absolute atomic E-state index is 1.21. The van der Waals surface area contributed by atoms with Crippen molar-refractivity contribution in [3.63, 3.8) is 0 Å². The Labute approximate surface area is 187 Å². The van der Waals surface area contributed by atoms with Crippen molar-refractivity contribution >= 4 is 63.0 Å². The maximum Gasteiger partial charge on any atom is 0.0362 e. The summed E-state index contributed by atoms with van der Waals surface area (Å²) in [7, 11) is 0. The van der Waals surface area contributed by atoms with Crippen molar-refractivity contribution in [2.75, 3.05) is 0 Å². The van der Waals surface area contributed by atoms with Crippen LogP contribution in [0.1, 0.15) is 63.5 Å². The highest BCUT2D eigenvalue weighted by Crippen LogP contribution is 2.42. The normalized spacial score (nSPS) is 12.1. The van der Waals surface area contributed by atoms with Gasteiger partial charge in [-0.05, 0) is 61.1 Å². The van der Waals surface area contributed by atoms with Crippen LogP contribution in [0.3, 0.4) is 0 Å². The maximum atomic E-state index is 2.45. The monoisotopic (exact) mass is 430 g/mol. The quantitative estimate of drug-likeness (QED) is 0.215. The summed E-state index contributed by atoms with van der Waals surface area (Å²) < 4.78 is 5.74. The van der Waals surface area contributed by atoms with E-state index in [4.69, 9.17) is 0 Å². The van der Waals surface area contributed by atoms with Gasteiger partial charge in [0.1, 0.15) is 0 Å². The number of thiophene rings is 2. The zero-order chi connectivity index (χ0) is 20.5. The van der Waals surface area contributed by atoms with Crippen molar-refractivity contribution in [2.45, 2.75) is 65.2 Å². The second kappa shape index (κ2) is 8.69. The van der Waals surface area contributed by atoms with E-state index in [1.807, 2.05) is 22.7 Å². The van der Waals surface area contributed by atoms with Crippen LogP contribution in [-0.2, 0) is 12.8 Å². The molecule has 0 bridgehead atoms. The van der Waals surface area contributed by atoms with Crippen molar-refractivity contribution < 1.29 is 0 Å². The second-order valence-electron chi connectivity index (χ2n) is 8.62. The lowest BCUT2D eigenvalue weighted by atomic mass is 10.0. The zero-order valence-electron chi connectivity index (χ0n) is 18.1. The molecule has 0 atom stereocenters. The van der Waals surface area contributed by atoms with E-state index in [0.29, 0.717) is 0 Å². The predicted octanol–water partition coefficient (Wildman–Crippen LogP) is 9.89. The summed E-state index contributed by atoms with van der Waals surface area (Å²) in [6, 6.07) is 19.2. The Morgan fingerprint density at radius 3 is 1.37 bits per heavy atom. The predicted molar refractivity (Wildman–Crippen MR) is 139 cm³/mol. The summed E-state index contributed by atoms with van der Waals surface area (Å²) in [6.45, 7) is 4.55. The molecule has 2 heteroatoms. The molecule has 0 saturated carbocycles. The molecular formula is C28H30S2. The first-order valence-corrected chi connectivity index (χ1v) is 13.2. The van der Waals surface area contributed by atoms with Gasteiger partial charge in [-0.3, -0.25) is 0 Å². The topological polar surface area (TPSA) is 0 Å². The van der Waals surface area contributed by atoms with Crippen LogP contribution >= 0.6 is 22.7 Å². The molecule has 0 amide bonds. The molecule has 0 N–H and O–H groups in total. The first-order valence-electron chi connectivity index (χ1n) is 11.6. The van der Waals surface area contributed by atoms with Crippen molar-refractivity contribution in [3.8, 4) is 0 Å². The molecule has 0 unspecified atom stereocenters. The average Bonchev–Trinajstić information content (AvgIpc) is 3.28. The molecule has 5 aromatic rings. The summed E-state index contributed by atoms with van der Waals surface area (Å²) in [4.78, 5) is 0. The van der Waals surface area contributed by atoms with Crippen LogP contribution in [0.5, 0.6) is 0 Å². The number of hydrogen-bond donors (Lipinski definition) is 0. The van der Waals surface area contributed by atoms with Crippen molar-refractivity contribution in [2.24, 2.45) is 0 Å². The zero-order valence-corrected chi connectivity index (χ0v) is 19.7. The standard InChI is InChI=1S/C28H30S2/c1-3-5-7-9-19-11-13-21-23-17-28-24(18-27(23)29-25(21)15-19)22-14-12-20(10-8-6-4-2)16-26(22)30-28/h11-18H,3-10H2,1-2H3. The van der Waals surface area contributed by atoms with Crippen molar-refractivity contribution in [3.05, 3.63) is 59.7 Å². The molecule has 5 rings (SSSR count). The van der Waals surface area contributed by atoms with E-state index in [1.165, 1.54) is 103 Å². The fourth-order valence-electron chi connectivity index (χ4n) is 4.60. The van der Waals surface area contributed by atoms with Gasteiger partial charge in [-0.25, -0.2) is 0 Å². The number of fused-ring (bicyclic) bond motifs is 6. The van der Waals surface area contributed by atoms with E-state index in [0.717, 1.165) is 0 Å². The lowest BCUT2D eigenvalue weighted by Gasteiger charge is -2.01. The second-order valence-corrected chi connectivity index (χ2v) is 10.8. The van der Waals surface area contributed by atoms with Crippen LogP contribution in [0, 0.1) is 0 Å². The first-order chi connectivity index (χ1) is 14.8. The van der Waals surface area contributed by atoms with Gasteiger partial charge >= 0.3 is 0 Å². The highest BCUT2D eigenvalue weighted by atomic mass is 32.1. The molecule has 3 aromatic carbocycles. The molecule has 0 saturated heterocycles. The summed E-state index contributed by atoms with van der Waals surface area (Å²) in [5.74, 6) is 0. The van der Waals surface area contributed by atoms with Crippen LogP contribution < -0.4 is 0 Å². The smallest absolute Gasteiger partial charge is 0.0362 e. The number of hydrogen-bond acceptors (Lipinski definition) is 2. The fraction of sp³-hybridized carbons (Fsp3) is 0.357. The average molecular weight is 431 g/mol. The molecule has 0 fully saturated rings. The highest BCUT2D eigenvalue weighted by molar-refractivity contribution is 7.27. The van der Waals surface area contributed by atoms with Crippen molar-refractivity contribution in [1.82, 2.24) is 0 Å². The molecule has 2 heterocycles. The Morgan fingerprint density at radius 1 is 0.500 bits per heavy atom. The SMILES string of the molecule is CCCCCc1ccc2c(c1)sc1cc3c(cc12)sc1cc(CCCCC)ccc13. The largest absolute Gasteiger partial charge is 0.135 e. The summed E-state index contributed by atoms with van der Waals surface area (Å²) >= 11 is 3.93. The van der Waals surface area contributed by atoms with E-state index in [2.05, 4.69) is 62.4 Å². The van der Waals surface area contributed by atoms with Gasteiger partial charge in [0.2, 0.25) is 0 Å². The third-order valence-electron chi connectivity index (χ3n) is 6.33. The molecule has 0 radical (unpaired) electrons. The summed E-state index contributed by atoms with van der Waals surface area (Å²) in [5.41, 5.74) is 2.98. The molecule has 0 aliphatic carbocycles. The number of rotatable bonds is 8. The van der Waals surface area contributed by atoms with Gasteiger partial charge in [0.05, 0.1) is 0 Å². The minimum Gasteiger partial charge on any atom is -0.135 e. The molecule has 0 nitrogen and oxygen atoms in total. The van der Waals surface area contributed by atoms with Gasteiger partial charge in [-0.15, -0.1) is 22.7 Å². The first kappa shape index (κ1) is 20.0. The van der Waals surface area contributed by atoms with Gasteiger partial charge in [0, 0.05) is 40.3 Å². The molecule has 0 spiro atoms. The van der Waals surface area contributed by atoms with Gasteiger partial charge in [0.15, 0.2) is 0 Å². The molecule has 2 aromatic heterocycles. The van der Waals surface area contributed by atoms with E-state index in [-0.39, 0.29) is 0 Å². The third-order valence-corrected chi connectivity index (χ3v) is 8.56. The number of unbranched alkanes of at least 4 members (excludes halogenated alkanes) is 4. The van der Waals surface area contributed by atoms with E-state index >= 15 is 0 Å². The maximum absolute atomic E-state index is 2.45.